The third kappa shape index (κ3) is 4.98. The lowest BCUT2D eigenvalue weighted by Gasteiger charge is -2.52. The van der Waals surface area contributed by atoms with E-state index in [1.165, 1.54) is 16.7 Å². The zero-order valence-corrected chi connectivity index (χ0v) is 18.9. The Bertz CT molecular complexity index is 1040. The maximum Gasteiger partial charge on any atom is 0.333 e. The van der Waals surface area contributed by atoms with Crippen LogP contribution in [-0.2, 0) is 25.7 Å². The molecule has 3 atom stereocenters. The molecule has 2 aliphatic rings. The van der Waals surface area contributed by atoms with E-state index in [0.717, 1.165) is 5.56 Å². The lowest BCUT2D eigenvalue weighted by molar-refractivity contribution is -0.164. The Morgan fingerprint density at radius 3 is 2.55 bits per heavy atom. The van der Waals surface area contributed by atoms with Gasteiger partial charge in [-0.1, -0.05) is 36.9 Å². The molecular formula is C24H24N2O6S. The van der Waals surface area contributed by atoms with Crippen molar-refractivity contribution in [3.8, 4) is 11.5 Å². The Morgan fingerprint density at radius 1 is 1.12 bits per heavy atom. The fourth-order valence-electron chi connectivity index (χ4n) is 3.65. The summed E-state index contributed by atoms with van der Waals surface area (Å²) in [6.45, 7) is 3.83. The van der Waals surface area contributed by atoms with Gasteiger partial charge in [0.05, 0.1) is 7.11 Å². The molecule has 2 saturated heterocycles. The Hall–Kier alpha value is -3.46. The lowest BCUT2D eigenvalue weighted by atomic mass is 9.98. The van der Waals surface area contributed by atoms with E-state index in [1.54, 1.807) is 55.6 Å². The van der Waals surface area contributed by atoms with Gasteiger partial charge in [-0.05, 0) is 35.4 Å². The van der Waals surface area contributed by atoms with Crippen molar-refractivity contribution in [1.82, 2.24) is 10.2 Å². The number of carbonyl (C=O) groups is 3. The molecule has 8 nitrogen and oxygen atoms in total. The van der Waals surface area contributed by atoms with E-state index < -0.39 is 24.0 Å². The highest BCUT2D eigenvalue weighted by atomic mass is 32.2. The Balaban J connectivity index is 1.32. The molecule has 172 valence electrons. The third-order valence-electron chi connectivity index (χ3n) is 5.38. The molecule has 4 rings (SSSR count). The molecule has 9 heteroatoms. The van der Waals surface area contributed by atoms with Crippen molar-refractivity contribution in [2.75, 3.05) is 19.5 Å². The number of β-lactam (4-membered cyclic amide) rings is 1. The quantitative estimate of drug-likeness (QED) is 0.360. The molecule has 2 heterocycles. The van der Waals surface area contributed by atoms with Gasteiger partial charge in [-0.25, -0.2) is 4.79 Å². The van der Waals surface area contributed by atoms with E-state index in [-0.39, 0.29) is 24.5 Å². The number of fused-ring (bicyclic) bond motifs is 1. The molecule has 2 amide bonds. The van der Waals surface area contributed by atoms with Gasteiger partial charge in [-0.2, -0.15) is 0 Å². The second-order valence-electron chi connectivity index (χ2n) is 7.61. The van der Waals surface area contributed by atoms with Crippen LogP contribution in [-0.4, -0.2) is 59.6 Å². The standard InChI is InChI=1S/C24H24N2O6S/c1-15-14-33-23-20(25-19(27)13-31-18-6-4-3-5-7-18)22(28)26(23)21(15)24(29)32-12-16-8-10-17(30-2)11-9-16/h3-11,20-21,23H,1,12-14H2,2H3,(H,25,27)/t20-,21?,23-/m1/s1. The summed E-state index contributed by atoms with van der Waals surface area (Å²) < 4.78 is 16.0. The second-order valence-corrected chi connectivity index (χ2v) is 8.72. The van der Waals surface area contributed by atoms with Crippen LogP contribution in [0.1, 0.15) is 5.56 Å². The van der Waals surface area contributed by atoms with Crippen molar-refractivity contribution in [2.24, 2.45) is 0 Å². The Labute approximate surface area is 195 Å². The van der Waals surface area contributed by atoms with Crippen molar-refractivity contribution in [3.63, 3.8) is 0 Å². The number of nitrogens with zero attached hydrogens (tertiary/aromatic N) is 1. The third-order valence-corrected chi connectivity index (χ3v) is 6.76. The number of esters is 1. The maximum absolute atomic E-state index is 12.8. The summed E-state index contributed by atoms with van der Waals surface area (Å²) in [4.78, 5) is 39.3. The Kier molecular flexibility index (Phi) is 6.88. The van der Waals surface area contributed by atoms with Crippen molar-refractivity contribution < 1.29 is 28.6 Å². The zero-order valence-electron chi connectivity index (χ0n) is 18.1. The van der Waals surface area contributed by atoms with Crippen LogP contribution in [0, 0.1) is 0 Å². The van der Waals surface area contributed by atoms with E-state index in [2.05, 4.69) is 11.9 Å². The number of nitrogens with one attached hydrogen (secondary N) is 1. The van der Waals surface area contributed by atoms with E-state index >= 15 is 0 Å². The van der Waals surface area contributed by atoms with Gasteiger partial charge in [0.2, 0.25) is 5.91 Å². The first-order valence-corrected chi connectivity index (χ1v) is 11.4. The monoisotopic (exact) mass is 468 g/mol. The summed E-state index contributed by atoms with van der Waals surface area (Å²) in [5, 5.41) is 2.35. The zero-order chi connectivity index (χ0) is 23.4. The van der Waals surface area contributed by atoms with Crippen molar-refractivity contribution in [2.45, 2.75) is 24.1 Å². The first kappa shape index (κ1) is 22.7. The summed E-state index contributed by atoms with van der Waals surface area (Å²) in [6.07, 6.45) is 0. The number of thioether (sulfide) groups is 1. The van der Waals surface area contributed by atoms with Gasteiger partial charge in [0.25, 0.3) is 5.91 Å². The van der Waals surface area contributed by atoms with Crippen LogP contribution in [0.3, 0.4) is 0 Å². The highest BCUT2D eigenvalue weighted by Crippen LogP contribution is 2.40. The van der Waals surface area contributed by atoms with Gasteiger partial charge in [0.15, 0.2) is 12.6 Å². The molecule has 1 unspecified atom stereocenters. The van der Waals surface area contributed by atoms with Crippen LogP contribution < -0.4 is 14.8 Å². The predicted octanol–water partition coefficient (Wildman–Crippen LogP) is 2.14. The molecule has 0 aliphatic carbocycles. The predicted molar refractivity (Wildman–Crippen MR) is 123 cm³/mol. The molecule has 2 fully saturated rings. The first-order valence-electron chi connectivity index (χ1n) is 10.4. The minimum atomic E-state index is -0.865. The summed E-state index contributed by atoms with van der Waals surface area (Å²) >= 11 is 1.46. The van der Waals surface area contributed by atoms with Gasteiger partial charge >= 0.3 is 5.97 Å². The second kappa shape index (κ2) is 9.99. The van der Waals surface area contributed by atoms with Gasteiger partial charge in [-0.15, -0.1) is 11.8 Å². The van der Waals surface area contributed by atoms with Crippen LogP contribution in [0.25, 0.3) is 0 Å². The number of methoxy groups -OCH3 is 1. The fourth-order valence-corrected chi connectivity index (χ4v) is 4.96. The van der Waals surface area contributed by atoms with Crippen LogP contribution >= 0.6 is 11.8 Å². The van der Waals surface area contributed by atoms with E-state index in [0.29, 0.717) is 22.8 Å². The average Bonchev–Trinajstić information content (AvgIpc) is 2.85. The highest BCUT2D eigenvalue weighted by Gasteiger charge is 2.56. The molecule has 2 aromatic rings. The number of benzene rings is 2. The number of carbonyl (C=O) groups excluding carboxylic acids is 3. The number of para-hydroxylation sites is 1. The topological polar surface area (TPSA) is 94.2 Å². The minimum Gasteiger partial charge on any atom is -0.497 e. The Morgan fingerprint density at radius 2 is 1.85 bits per heavy atom. The number of rotatable bonds is 8. The molecule has 0 bridgehead atoms. The SMILES string of the molecule is C=C1CS[C@@H]2[C@H](NC(=O)COc3ccccc3)C(=O)N2C1C(=O)OCc1ccc(OC)cc1. The van der Waals surface area contributed by atoms with Gasteiger partial charge in [0.1, 0.15) is 29.5 Å². The summed E-state index contributed by atoms with van der Waals surface area (Å²) in [6, 6.07) is 14.5. The van der Waals surface area contributed by atoms with Crippen molar-refractivity contribution in [1.29, 1.82) is 0 Å². The molecule has 0 spiro atoms. The van der Waals surface area contributed by atoms with Gasteiger partial charge in [0, 0.05) is 5.75 Å². The van der Waals surface area contributed by atoms with E-state index in [4.69, 9.17) is 14.2 Å². The van der Waals surface area contributed by atoms with Gasteiger partial charge in [-0.3, -0.25) is 9.59 Å². The number of ether oxygens (including phenoxy) is 3. The molecule has 0 saturated carbocycles. The smallest absolute Gasteiger partial charge is 0.333 e. The molecule has 33 heavy (non-hydrogen) atoms. The summed E-state index contributed by atoms with van der Waals surface area (Å²) in [5.74, 6) is 0.486. The van der Waals surface area contributed by atoms with Crippen molar-refractivity contribution >= 4 is 29.5 Å². The fraction of sp³-hybridized carbons (Fsp3) is 0.292. The lowest BCUT2D eigenvalue weighted by Crippen LogP contribution is -2.74. The van der Waals surface area contributed by atoms with Crippen LogP contribution in [0.5, 0.6) is 11.5 Å². The highest BCUT2D eigenvalue weighted by molar-refractivity contribution is 8.00. The molecule has 1 N–H and O–H groups in total. The molecule has 2 aromatic carbocycles. The maximum atomic E-state index is 12.8. The minimum absolute atomic E-state index is 0.0729. The van der Waals surface area contributed by atoms with Crippen LogP contribution in [0.4, 0.5) is 0 Å². The molecule has 0 radical (unpaired) electrons. The molecular weight excluding hydrogens is 444 g/mol. The van der Waals surface area contributed by atoms with Crippen LogP contribution in [0.2, 0.25) is 0 Å². The summed E-state index contributed by atoms with van der Waals surface area (Å²) in [7, 11) is 1.58. The van der Waals surface area contributed by atoms with E-state index in [1.807, 2.05) is 6.07 Å². The van der Waals surface area contributed by atoms with Crippen molar-refractivity contribution in [3.05, 3.63) is 72.3 Å². The van der Waals surface area contributed by atoms with Gasteiger partial charge < -0.3 is 24.4 Å². The van der Waals surface area contributed by atoms with E-state index in [9.17, 15) is 14.4 Å². The number of hydrogen-bond acceptors (Lipinski definition) is 7. The average molecular weight is 469 g/mol. The normalized spacial score (nSPS) is 21.5. The largest absolute Gasteiger partial charge is 0.497 e. The molecule has 0 aromatic heterocycles. The van der Waals surface area contributed by atoms with Crippen LogP contribution in [0.15, 0.2) is 66.7 Å². The summed E-state index contributed by atoms with van der Waals surface area (Å²) in [5.41, 5.74) is 1.40. The number of hydrogen-bond donors (Lipinski definition) is 1. The molecule has 2 aliphatic heterocycles. The first-order chi connectivity index (χ1) is 16.0. The number of amides is 2.